The van der Waals surface area contributed by atoms with Gasteiger partial charge in [0.05, 0.1) is 35.6 Å². The molecule has 8 rings (SSSR count). The largest absolute Gasteiger partial charge is 0.374 e. The molecule has 0 amide bonds. The minimum absolute atomic E-state index is 0.0544. The van der Waals surface area contributed by atoms with Crippen molar-refractivity contribution >= 4 is 43.6 Å². The molecule has 0 aliphatic carbocycles. The molecule has 2 aromatic carbocycles. The van der Waals surface area contributed by atoms with Gasteiger partial charge in [-0.1, -0.05) is 43.2 Å². The number of rotatable bonds is 11. The average molecular weight is 715 g/mol. The summed E-state index contributed by atoms with van der Waals surface area (Å²) in [4.78, 5) is 25.0. The molecular formula is C41H46N8O4. The summed E-state index contributed by atoms with van der Waals surface area (Å²) in [5, 5.41) is 12.6. The third kappa shape index (κ3) is 6.80. The van der Waals surface area contributed by atoms with E-state index in [-0.39, 0.29) is 12.2 Å². The number of benzene rings is 2. The lowest BCUT2D eigenvalue weighted by Gasteiger charge is -2.12. The molecule has 0 aliphatic heterocycles. The van der Waals surface area contributed by atoms with Gasteiger partial charge in [0, 0.05) is 58.6 Å². The van der Waals surface area contributed by atoms with E-state index < -0.39 is 0 Å². The molecule has 2 N–H and O–H groups in total. The second-order valence-corrected chi connectivity index (χ2v) is 13.0. The number of aromatic nitrogens is 8. The summed E-state index contributed by atoms with van der Waals surface area (Å²) in [6, 6.07) is 12.8. The van der Waals surface area contributed by atoms with Crippen LogP contribution in [0.15, 0.2) is 57.8 Å². The van der Waals surface area contributed by atoms with Gasteiger partial charge in [-0.15, -0.1) is 0 Å². The van der Waals surface area contributed by atoms with Crippen molar-refractivity contribution in [2.45, 2.75) is 86.9 Å². The summed E-state index contributed by atoms with van der Waals surface area (Å²) in [7, 11) is 0. The number of fused-ring (bicyclic) bond motifs is 6. The molecule has 6 heterocycles. The minimum Gasteiger partial charge on any atom is -0.374 e. The van der Waals surface area contributed by atoms with Crippen molar-refractivity contribution in [1.29, 1.82) is 0 Å². The van der Waals surface area contributed by atoms with E-state index in [1.807, 2.05) is 47.0 Å². The van der Waals surface area contributed by atoms with Gasteiger partial charge in [0.1, 0.15) is 11.4 Å². The highest BCUT2D eigenvalue weighted by Crippen LogP contribution is 2.36. The van der Waals surface area contributed by atoms with E-state index >= 15 is 0 Å². The van der Waals surface area contributed by atoms with Crippen molar-refractivity contribution in [3.8, 4) is 23.2 Å². The highest BCUT2D eigenvalue weighted by atomic mass is 16.5. The van der Waals surface area contributed by atoms with Gasteiger partial charge in [-0.2, -0.15) is 9.97 Å². The molecule has 2 atom stereocenters. The summed E-state index contributed by atoms with van der Waals surface area (Å²) in [5.41, 5.74) is 10.1. The zero-order valence-electron chi connectivity index (χ0n) is 31.6. The Morgan fingerprint density at radius 3 is 1.60 bits per heavy atom. The van der Waals surface area contributed by atoms with Crippen LogP contribution in [0, 0.1) is 6.92 Å². The Morgan fingerprint density at radius 1 is 0.623 bits per heavy atom. The van der Waals surface area contributed by atoms with Gasteiger partial charge in [-0.25, -0.2) is 9.97 Å². The lowest BCUT2D eigenvalue weighted by Crippen LogP contribution is -1.99. The van der Waals surface area contributed by atoms with Crippen molar-refractivity contribution in [2.24, 2.45) is 0 Å². The van der Waals surface area contributed by atoms with Crippen LogP contribution in [0.1, 0.15) is 94.6 Å². The monoisotopic (exact) mass is 714 g/mol. The Kier molecular flexibility index (Phi) is 10.3. The fourth-order valence-electron chi connectivity index (χ4n) is 6.98. The lowest BCUT2D eigenvalue weighted by molar-refractivity contribution is 0.0763. The van der Waals surface area contributed by atoms with Gasteiger partial charge in [0.25, 0.3) is 11.8 Å². The van der Waals surface area contributed by atoms with Crippen molar-refractivity contribution < 1.29 is 18.5 Å². The predicted molar refractivity (Wildman–Crippen MR) is 207 cm³/mol. The number of pyridine rings is 2. The van der Waals surface area contributed by atoms with Crippen LogP contribution in [0.5, 0.6) is 0 Å². The molecule has 0 saturated carbocycles. The Labute approximate surface area is 307 Å². The Morgan fingerprint density at radius 2 is 1.11 bits per heavy atom. The quantitative estimate of drug-likeness (QED) is 0.132. The molecular weight excluding hydrogens is 669 g/mol. The highest BCUT2D eigenvalue weighted by Gasteiger charge is 2.20. The molecule has 0 fully saturated rings. The maximum Gasteiger partial charge on any atom is 0.276 e. The van der Waals surface area contributed by atoms with E-state index in [1.165, 1.54) is 10.8 Å². The van der Waals surface area contributed by atoms with Gasteiger partial charge in [-0.3, -0.25) is 0 Å². The molecule has 8 aromatic rings. The number of nitrogens with zero attached hydrogens (tertiary/aromatic N) is 6. The van der Waals surface area contributed by atoms with Crippen LogP contribution >= 0.6 is 0 Å². The first-order valence-corrected chi connectivity index (χ1v) is 18.5. The average Bonchev–Trinajstić information content (AvgIpc) is 3.99. The first-order chi connectivity index (χ1) is 25.8. The fraction of sp³-hybridized carbons (Fsp3) is 0.366. The maximum absolute atomic E-state index is 5.77. The van der Waals surface area contributed by atoms with E-state index in [4.69, 9.17) is 18.5 Å². The normalized spacial score (nSPS) is 12.9. The summed E-state index contributed by atoms with van der Waals surface area (Å²) < 4.78 is 22.4. The van der Waals surface area contributed by atoms with Crippen molar-refractivity contribution in [2.75, 3.05) is 13.2 Å². The number of nitrogens with one attached hydrogen (secondary N) is 2. The van der Waals surface area contributed by atoms with E-state index in [9.17, 15) is 0 Å². The first kappa shape index (κ1) is 35.9. The zero-order valence-corrected chi connectivity index (χ0v) is 31.6. The SMILES string of the molecule is CCOC(C)c1ccc2[nH]c3cnc(-c4nc(CC)no4)c(C)c3c2c1.CCOC(C)c1ccc2[nH]c3cnc(-c4nc(CC)no4)c(CC)c3c2c1. The van der Waals surface area contributed by atoms with Crippen LogP contribution < -0.4 is 0 Å². The molecule has 0 radical (unpaired) electrons. The summed E-state index contributed by atoms with van der Waals surface area (Å²) >= 11 is 0. The molecule has 12 nitrogen and oxygen atoms in total. The molecule has 0 spiro atoms. The molecule has 274 valence electrons. The smallest absolute Gasteiger partial charge is 0.276 e. The Hall–Kier alpha value is -5.46. The van der Waals surface area contributed by atoms with Gasteiger partial charge in [-0.05, 0) is 87.6 Å². The van der Waals surface area contributed by atoms with Crippen LogP contribution in [0.25, 0.3) is 66.8 Å². The number of ether oxygens (including phenoxy) is 2. The van der Waals surface area contributed by atoms with Crippen LogP contribution in [0.4, 0.5) is 0 Å². The summed E-state index contributed by atoms with van der Waals surface area (Å²) in [6.07, 6.45) is 6.08. The Bertz CT molecular complexity index is 2530. The lowest BCUT2D eigenvalue weighted by atomic mass is 10.0. The zero-order chi connectivity index (χ0) is 37.2. The molecule has 6 aromatic heterocycles. The number of aromatic amines is 2. The third-order valence-corrected chi connectivity index (χ3v) is 9.77. The van der Waals surface area contributed by atoms with Gasteiger partial charge >= 0.3 is 0 Å². The number of hydrogen-bond donors (Lipinski definition) is 2. The topological polar surface area (TPSA) is 154 Å². The highest BCUT2D eigenvalue weighted by molar-refractivity contribution is 6.11. The van der Waals surface area contributed by atoms with Crippen molar-refractivity contribution in [3.05, 3.63) is 82.7 Å². The molecule has 2 unspecified atom stereocenters. The van der Waals surface area contributed by atoms with E-state index in [0.29, 0.717) is 36.6 Å². The number of hydrogen-bond acceptors (Lipinski definition) is 10. The second kappa shape index (κ2) is 15.3. The van der Waals surface area contributed by atoms with Gasteiger partial charge < -0.3 is 28.5 Å². The Balaban J connectivity index is 0.000000164. The first-order valence-electron chi connectivity index (χ1n) is 18.5. The van der Waals surface area contributed by atoms with Gasteiger partial charge in [0.2, 0.25) is 0 Å². The second-order valence-electron chi connectivity index (χ2n) is 13.0. The molecule has 12 heteroatoms. The van der Waals surface area contributed by atoms with Crippen LogP contribution in [0.3, 0.4) is 0 Å². The van der Waals surface area contributed by atoms with Crippen LogP contribution in [-0.2, 0) is 28.7 Å². The maximum atomic E-state index is 5.77. The van der Waals surface area contributed by atoms with Crippen molar-refractivity contribution in [1.82, 2.24) is 40.2 Å². The number of H-pyrrole nitrogens is 2. The predicted octanol–water partition coefficient (Wildman–Crippen LogP) is 9.72. The molecule has 0 bridgehead atoms. The van der Waals surface area contributed by atoms with E-state index in [1.54, 1.807) is 0 Å². The molecule has 0 aliphatic rings. The summed E-state index contributed by atoms with van der Waals surface area (Å²) in [6.45, 7) is 17.7. The van der Waals surface area contributed by atoms with Crippen molar-refractivity contribution in [3.63, 3.8) is 0 Å². The van der Waals surface area contributed by atoms with Crippen LogP contribution in [-0.4, -0.2) is 53.4 Å². The molecule has 53 heavy (non-hydrogen) atoms. The third-order valence-electron chi connectivity index (χ3n) is 9.77. The van der Waals surface area contributed by atoms with Gasteiger partial charge in [0.15, 0.2) is 11.6 Å². The van der Waals surface area contributed by atoms with E-state index in [2.05, 4.69) is 97.4 Å². The number of aryl methyl sites for hydroxylation is 4. The van der Waals surface area contributed by atoms with E-state index in [0.717, 1.165) is 85.7 Å². The molecule has 0 saturated heterocycles. The standard InChI is InChI=1S/C21H24N4O2.C20H22N4O2/c1-5-14-19-15-10-13(12(4)26-7-3)8-9-16(15)23-17(19)11-22-20(14)21-24-18(6-2)25-27-21;1-5-17-23-20(26-24-17)19-11(3)18-14-9-13(12(4)25-6-2)7-8-15(14)22-16(18)10-21-19/h8-12,23H,5-7H2,1-4H3;7-10,12,22H,5-6H2,1-4H3. The fourth-order valence-corrected chi connectivity index (χ4v) is 6.98. The summed E-state index contributed by atoms with van der Waals surface area (Å²) in [5.74, 6) is 2.34. The minimum atomic E-state index is 0.0544. The van der Waals surface area contributed by atoms with Crippen LogP contribution in [0.2, 0.25) is 0 Å².